The van der Waals surface area contributed by atoms with Gasteiger partial charge in [0.05, 0.1) is 18.3 Å². The van der Waals surface area contributed by atoms with Crippen LogP contribution in [0.15, 0.2) is 84.9 Å². The van der Waals surface area contributed by atoms with Crippen LogP contribution in [0.4, 0.5) is 0 Å². The first-order chi connectivity index (χ1) is 16.2. The largest absolute Gasteiger partial charge is 0.423 e. The summed E-state index contributed by atoms with van der Waals surface area (Å²) < 4.78 is 11.2. The van der Waals surface area contributed by atoms with Gasteiger partial charge in [-0.15, -0.1) is 0 Å². The number of rotatable bonds is 8. The summed E-state index contributed by atoms with van der Waals surface area (Å²) in [4.78, 5) is 27.1. The maximum Gasteiger partial charge on any atom is 0.343 e. The summed E-state index contributed by atoms with van der Waals surface area (Å²) >= 11 is 0. The quantitative estimate of drug-likeness (QED) is 0.425. The van der Waals surface area contributed by atoms with E-state index in [2.05, 4.69) is 34.5 Å². The maximum absolute atomic E-state index is 12.5. The molecule has 3 aromatic rings. The van der Waals surface area contributed by atoms with E-state index in [1.165, 1.54) is 5.56 Å². The molecule has 3 aromatic carbocycles. The predicted octanol–water partition coefficient (Wildman–Crippen LogP) is 3.58. The summed E-state index contributed by atoms with van der Waals surface area (Å²) in [5.74, 6) is -0.218. The molecule has 33 heavy (non-hydrogen) atoms. The molecule has 0 spiro atoms. The molecule has 6 nitrogen and oxygen atoms in total. The molecule has 4 rings (SSSR count). The standard InChI is InChI=1S/C27H28N2O4/c30-26(22-11-13-24(14-12-22)33-27(31)23-9-5-2-6-10-23)28-19-25-20-29(17-18-32-25)16-15-21-7-3-1-4-8-21/h1-14,25H,15-20H2,(H,28,30). The lowest BCUT2D eigenvalue weighted by atomic mass is 10.1. The van der Waals surface area contributed by atoms with E-state index in [1.807, 2.05) is 12.1 Å². The molecule has 1 aliphatic heterocycles. The lowest BCUT2D eigenvalue weighted by Crippen LogP contribution is -2.48. The fraction of sp³-hybridized carbons (Fsp3) is 0.259. The van der Waals surface area contributed by atoms with Crippen LogP contribution in [0, 0.1) is 0 Å². The van der Waals surface area contributed by atoms with Gasteiger partial charge in [0, 0.05) is 31.7 Å². The third kappa shape index (κ3) is 6.75. The molecule has 1 atom stereocenters. The summed E-state index contributed by atoms with van der Waals surface area (Å²) in [6.07, 6.45) is 0.964. The minimum absolute atomic E-state index is 0.0374. The number of hydrogen-bond acceptors (Lipinski definition) is 5. The van der Waals surface area contributed by atoms with Gasteiger partial charge in [-0.25, -0.2) is 4.79 Å². The highest BCUT2D eigenvalue weighted by Gasteiger charge is 2.21. The van der Waals surface area contributed by atoms with Crippen LogP contribution < -0.4 is 10.1 Å². The van der Waals surface area contributed by atoms with Crippen LogP contribution in [-0.4, -0.2) is 55.7 Å². The second kappa shape index (κ2) is 11.4. The van der Waals surface area contributed by atoms with E-state index in [1.54, 1.807) is 48.5 Å². The zero-order valence-corrected chi connectivity index (χ0v) is 18.5. The van der Waals surface area contributed by atoms with Crippen molar-refractivity contribution in [1.82, 2.24) is 10.2 Å². The number of esters is 1. The molecule has 6 heteroatoms. The normalized spacial score (nSPS) is 16.2. The summed E-state index contributed by atoms with van der Waals surface area (Å²) in [7, 11) is 0. The first-order valence-corrected chi connectivity index (χ1v) is 11.2. The summed E-state index contributed by atoms with van der Waals surface area (Å²) in [6.45, 7) is 3.78. The number of nitrogens with zero attached hydrogens (tertiary/aromatic N) is 1. The van der Waals surface area contributed by atoms with E-state index in [9.17, 15) is 9.59 Å². The van der Waals surface area contributed by atoms with E-state index in [4.69, 9.17) is 9.47 Å². The van der Waals surface area contributed by atoms with Crippen molar-refractivity contribution in [2.24, 2.45) is 0 Å². The molecule has 0 saturated carbocycles. The molecular formula is C27H28N2O4. The highest BCUT2D eigenvalue weighted by molar-refractivity contribution is 5.94. The van der Waals surface area contributed by atoms with Gasteiger partial charge in [-0.05, 0) is 48.4 Å². The summed E-state index contributed by atoms with van der Waals surface area (Å²) in [5, 5.41) is 2.95. The molecule has 0 aliphatic carbocycles. The smallest absolute Gasteiger partial charge is 0.343 e. The van der Waals surface area contributed by atoms with Crippen molar-refractivity contribution in [3.63, 3.8) is 0 Å². The average Bonchev–Trinajstić information content (AvgIpc) is 2.88. The number of hydrogen-bond donors (Lipinski definition) is 1. The molecule has 1 fully saturated rings. The van der Waals surface area contributed by atoms with Crippen molar-refractivity contribution in [2.75, 3.05) is 32.8 Å². The maximum atomic E-state index is 12.5. The van der Waals surface area contributed by atoms with Gasteiger partial charge < -0.3 is 14.8 Å². The molecule has 1 N–H and O–H groups in total. The fourth-order valence-corrected chi connectivity index (χ4v) is 3.76. The number of carbonyl (C=O) groups excluding carboxylic acids is 2. The number of nitrogens with one attached hydrogen (secondary N) is 1. The predicted molar refractivity (Wildman–Crippen MR) is 127 cm³/mol. The number of amides is 1. The van der Waals surface area contributed by atoms with Gasteiger partial charge >= 0.3 is 5.97 Å². The lowest BCUT2D eigenvalue weighted by Gasteiger charge is -2.33. The van der Waals surface area contributed by atoms with E-state index >= 15 is 0 Å². The Morgan fingerprint density at radius 3 is 2.33 bits per heavy atom. The molecule has 0 bridgehead atoms. The van der Waals surface area contributed by atoms with E-state index in [0.29, 0.717) is 30.0 Å². The van der Waals surface area contributed by atoms with Crippen molar-refractivity contribution in [2.45, 2.75) is 12.5 Å². The van der Waals surface area contributed by atoms with Crippen molar-refractivity contribution in [3.8, 4) is 5.75 Å². The lowest BCUT2D eigenvalue weighted by molar-refractivity contribution is -0.0259. The zero-order valence-electron chi connectivity index (χ0n) is 18.5. The van der Waals surface area contributed by atoms with Gasteiger partial charge in [-0.3, -0.25) is 9.69 Å². The number of ether oxygens (including phenoxy) is 2. The molecule has 0 aromatic heterocycles. The van der Waals surface area contributed by atoms with Crippen molar-refractivity contribution >= 4 is 11.9 Å². The highest BCUT2D eigenvalue weighted by Crippen LogP contribution is 2.15. The number of benzene rings is 3. The molecule has 0 radical (unpaired) electrons. The third-order valence-electron chi connectivity index (χ3n) is 5.61. The monoisotopic (exact) mass is 444 g/mol. The number of carbonyl (C=O) groups is 2. The average molecular weight is 445 g/mol. The van der Waals surface area contributed by atoms with Gasteiger partial charge in [0.25, 0.3) is 5.91 Å². The van der Waals surface area contributed by atoms with Crippen LogP contribution in [0.5, 0.6) is 5.75 Å². The van der Waals surface area contributed by atoms with Crippen molar-refractivity contribution in [3.05, 3.63) is 102 Å². The Morgan fingerprint density at radius 1 is 0.909 bits per heavy atom. The first-order valence-electron chi connectivity index (χ1n) is 11.2. The highest BCUT2D eigenvalue weighted by atomic mass is 16.5. The van der Waals surface area contributed by atoms with Crippen molar-refractivity contribution < 1.29 is 19.1 Å². The second-order valence-electron chi connectivity index (χ2n) is 8.02. The molecular weight excluding hydrogens is 416 g/mol. The topological polar surface area (TPSA) is 67.9 Å². The van der Waals surface area contributed by atoms with Gasteiger partial charge in [0.1, 0.15) is 5.75 Å². The van der Waals surface area contributed by atoms with E-state index < -0.39 is 5.97 Å². The molecule has 1 unspecified atom stereocenters. The summed E-state index contributed by atoms with van der Waals surface area (Å²) in [6, 6.07) is 25.8. The molecule has 170 valence electrons. The Kier molecular flexibility index (Phi) is 7.85. The van der Waals surface area contributed by atoms with Crippen LogP contribution in [0.2, 0.25) is 0 Å². The van der Waals surface area contributed by atoms with Gasteiger partial charge in [0.2, 0.25) is 0 Å². The van der Waals surface area contributed by atoms with Crippen LogP contribution in [-0.2, 0) is 11.2 Å². The summed E-state index contributed by atoms with van der Waals surface area (Å²) in [5.41, 5.74) is 2.31. The van der Waals surface area contributed by atoms with Crippen LogP contribution in [0.1, 0.15) is 26.3 Å². The second-order valence-corrected chi connectivity index (χ2v) is 8.02. The van der Waals surface area contributed by atoms with Gasteiger partial charge in [0.15, 0.2) is 0 Å². The Balaban J connectivity index is 1.22. The minimum Gasteiger partial charge on any atom is -0.423 e. The SMILES string of the molecule is O=C(NCC1CN(CCc2ccccc2)CCO1)c1ccc(OC(=O)c2ccccc2)cc1. The number of morpholine rings is 1. The van der Waals surface area contributed by atoms with Crippen LogP contribution in [0.25, 0.3) is 0 Å². The van der Waals surface area contributed by atoms with Crippen molar-refractivity contribution in [1.29, 1.82) is 0 Å². The fourth-order valence-electron chi connectivity index (χ4n) is 3.76. The third-order valence-corrected chi connectivity index (χ3v) is 5.61. The minimum atomic E-state index is -0.431. The molecule has 1 heterocycles. The molecule has 1 amide bonds. The van der Waals surface area contributed by atoms with Crippen LogP contribution >= 0.6 is 0 Å². The Hall–Kier alpha value is -3.48. The van der Waals surface area contributed by atoms with Gasteiger partial charge in [-0.2, -0.15) is 0 Å². The molecule has 1 saturated heterocycles. The zero-order chi connectivity index (χ0) is 22.9. The Morgan fingerprint density at radius 2 is 1.61 bits per heavy atom. The first kappa shape index (κ1) is 22.7. The van der Waals surface area contributed by atoms with Crippen LogP contribution in [0.3, 0.4) is 0 Å². The van der Waals surface area contributed by atoms with E-state index in [-0.39, 0.29) is 12.0 Å². The van der Waals surface area contributed by atoms with E-state index in [0.717, 1.165) is 26.1 Å². The Labute approximate surface area is 194 Å². The molecule has 1 aliphatic rings. The Bertz CT molecular complexity index is 1040. The van der Waals surface area contributed by atoms with Gasteiger partial charge in [-0.1, -0.05) is 48.5 Å².